The van der Waals surface area contributed by atoms with Gasteiger partial charge in [-0.3, -0.25) is 9.78 Å². The number of nitrogens with two attached hydrogens (primary N) is 1. The standard InChI is InChI=1S/C14H14N4O/c1-10(11-4-6-13(15)7-5-11)17-18-14(19)12-3-2-8-16-9-12/h2-9H,15H2,1H3,(H,18,19)/b17-10-. The molecule has 5 nitrogen and oxygen atoms in total. The van der Waals surface area contributed by atoms with Crippen LogP contribution >= 0.6 is 0 Å². The zero-order valence-electron chi connectivity index (χ0n) is 10.5. The second kappa shape index (κ2) is 5.77. The number of nitrogens with one attached hydrogen (secondary N) is 1. The van der Waals surface area contributed by atoms with Crippen molar-refractivity contribution < 1.29 is 4.79 Å². The molecule has 1 aromatic carbocycles. The SMILES string of the molecule is C/C(=N/NC(=O)c1cccnc1)c1ccc(N)cc1. The number of anilines is 1. The summed E-state index contributed by atoms with van der Waals surface area (Å²) in [4.78, 5) is 15.6. The van der Waals surface area contributed by atoms with E-state index in [0.29, 0.717) is 17.0 Å². The van der Waals surface area contributed by atoms with E-state index in [1.165, 1.54) is 6.20 Å². The first-order valence-corrected chi connectivity index (χ1v) is 5.77. The molecular weight excluding hydrogens is 240 g/mol. The van der Waals surface area contributed by atoms with Crippen molar-refractivity contribution in [3.8, 4) is 0 Å². The van der Waals surface area contributed by atoms with Crippen LogP contribution in [-0.2, 0) is 0 Å². The molecule has 3 N–H and O–H groups in total. The number of carbonyl (C=O) groups is 1. The van der Waals surface area contributed by atoms with Crippen molar-refractivity contribution in [2.75, 3.05) is 5.73 Å². The summed E-state index contributed by atoms with van der Waals surface area (Å²) in [6.07, 6.45) is 3.10. The first kappa shape index (κ1) is 12.8. The van der Waals surface area contributed by atoms with E-state index >= 15 is 0 Å². The van der Waals surface area contributed by atoms with Crippen molar-refractivity contribution in [3.05, 3.63) is 59.9 Å². The number of hydrazone groups is 1. The van der Waals surface area contributed by atoms with Crippen molar-refractivity contribution in [1.82, 2.24) is 10.4 Å². The Bertz CT molecular complexity index is 591. The number of nitrogen functional groups attached to an aromatic ring is 1. The van der Waals surface area contributed by atoms with Crippen LogP contribution in [0.1, 0.15) is 22.8 Å². The molecule has 5 heteroatoms. The summed E-state index contributed by atoms with van der Waals surface area (Å²) in [5, 5.41) is 4.05. The van der Waals surface area contributed by atoms with Crippen molar-refractivity contribution in [3.63, 3.8) is 0 Å². The van der Waals surface area contributed by atoms with E-state index in [4.69, 9.17) is 5.73 Å². The number of hydrogen-bond acceptors (Lipinski definition) is 4. The van der Waals surface area contributed by atoms with E-state index in [1.807, 2.05) is 19.1 Å². The lowest BCUT2D eigenvalue weighted by atomic mass is 10.1. The van der Waals surface area contributed by atoms with Crippen LogP contribution in [-0.4, -0.2) is 16.6 Å². The molecule has 0 atom stereocenters. The molecule has 1 heterocycles. The molecule has 0 radical (unpaired) electrons. The van der Waals surface area contributed by atoms with Crippen LogP contribution in [0.3, 0.4) is 0 Å². The van der Waals surface area contributed by atoms with Gasteiger partial charge in [0, 0.05) is 18.1 Å². The van der Waals surface area contributed by atoms with Gasteiger partial charge < -0.3 is 5.73 Å². The summed E-state index contributed by atoms with van der Waals surface area (Å²) >= 11 is 0. The van der Waals surface area contributed by atoms with E-state index in [9.17, 15) is 4.79 Å². The average Bonchev–Trinajstić information content (AvgIpc) is 2.46. The predicted molar refractivity (Wildman–Crippen MR) is 74.8 cm³/mol. The fraction of sp³-hybridized carbons (Fsp3) is 0.0714. The van der Waals surface area contributed by atoms with E-state index in [0.717, 1.165) is 5.56 Å². The van der Waals surface area contributed by atoms with Crippen molar-refractivity contribution >= 4 is 17.3 Å². The molecule has 19 heavy (non-hydrogen) atoms. The summed E-state index contributed by atoms with van der Waals surface area (Å²) in [6.45, 7) is 1.81. The molecule has 0 spiro atoms. The number of amides is 1. The molecule has 0 aliphatic carbocycles. The van der Waals surface area contributed by atoms with Gasteiger partial charge in [0.05, 0.1) is 11.3 Å². The van der Waals surface area contributed by atoms with Gasteiger partial charge in [0.1, 0.15) is 0 Å². The Kier molecular flexibility index (Phi) is 3.87. The third kappa shape index (κ3) is 3.38. The predicted octanol–water partition coefficient (Wildman–Crippen LogP) is 1.82. The van der Waals surface area contributed by atoms with Gasteiger partial charge in [0.2, 0.25) is 0 Å². The maximum absolute atomic E-state index is 11.8. The Morgan fingerprint density at radius 3 is 2.58 bits per heavy atom. The molecule has 0 saturated carbocycles. The van der Waals surface area contributed by atoms with Crippen molar-refractivity contribution in [2.24, 2.45) is 5.10 Å². The molecule has 96 valence electrons. The van der Waals surface area contributed by atoms with Gasteiger partial charge in [-0.2, -0.15) is 5.10 Å². The maximum atomic E-state index is 11.8. The van der Waals surface area contributed by atoms with Gasteiger partial charge in [0.15, 0.2) is 0 Å². The molecule has 2 aromatic rings. The third-order valence-electron chi connectivity index (χ3n) is 2.58. The quantitative estimate of drug-likeness (QED) is 0.498. The highest BCUT2D eigenvalue weighted by Gasteiger charge is 2.04. The Labute approximate surface area is 111 Å². The van der Waals surface area contributed by atoms with E-state index < -0.39 is 0 Å². The molecular formula is C14H14N4O. The molecule has 0 fully saturated rings. The first-order valence-electron chi connectivity index (χ1n) is 5.77. The summed E-state index contributed by atoms with van der Waals surface area (Å²) < 4.78 is 0. The summed E-state index contributed by atoms with van der Waals surface area (Å²) in [5.74, 6) is -0.289. The first-order chi connectivity index (χ1) is 9.16. The van der Waals surface area contributed by atoms with Crippen LogP contribution in [0.5, 0.6) is 0 Å². The van der Waals surface area contributed by atoms with Crippen LogP contribution in [0.2, 0.25) is 0 Å². The molecule has 0 bridgehead atoms. The van der Waals surface area contributed by atoms with Gasteiger partial charge in [-0.15, -0.1) is 0 Å². The second-order valence-electron chi connectivity index (χ2n) is 4.00. The molecule has 0 saturated heterocycles. The monoisotopic (exact) mass is 254 g/mol. The van der Waals surface area contributed by atoms with Crippen LogP contribution < -0.4 is 11.2 Å². The Morgan fingerprint density at radius 1 is 1.21 bits per heavy atom. The largest absolute Gasteiger partial charge is 0.399 e. The second-order valence-corrected chi connectivity index (χ2v) is 4.00. The maximum Gasteiger partial charge on any atom is 0.272 e. The summed E-state index contributed by atoms with van der Waals surface area (Å²) in [7, 11) is 0. The van der Waals surface area contributed by atoms with E-state index in [2.05, 4.69) is 15.5 Å². The Hall–Kier alpha value is -2.69. The number of rotatable bonds is 3. The summed E-state index contributed by atoms with van der Waals surface area (Å²) in [6, 6.07) is 10.7. The number of nitrogens with zero attached hydrogens (tertiary/aromatic N) is 2. The lowest BCUT2D eigenvalue weighted by Crippen LogP contribution is -2.19. The molecule has 1 aromatic heterocycles. The van der Waals surface area contributed by atoms with Gasteiger partial charge >= 0.3 is 0 Å². The van der Waals surface area contributed by atoms with Crippen LogP contribution in [0.25, 0.3) is 0 Å². The minimum absolute atomic E-state index is 0.289. The van der Waals surface area contributed by atoms with Gasteiger partial charge in [-0.25, -0.2) is 5.43 Å². The van der Waals surface area contributed by atoms with E-state index in [-0.39, 0.29) is 5.91 Å². The van der Waals surface area contributed by atoms with Crippen LogP contribution in [0.4, 0.5) is 5.69 Å². The van der Waals surface area contributed by atoms with Gasteiger partial charge in [0.25, 0.3) is 5.91 Å². The van der Waals surface area contributed by atoms with Crippen LogP contribution in [0, 0.1) is 0 Å². The normalized spacial score (nSPS) is 11.1. The molecule has 2 rings (SSSR count). The van der Waals surface area contributed by atoms with Crippen molar-refractivity contribution in [1.29, 1.82) is 0 Å². The van der Waals surface area contributed by atoms with Gasteiger partial charge in [-0.1, -0.05) is 12.1 Å². The minimum Gasteiger partial charge on any atom is -0.399 e. The smallest absolute Gasteiger partial charge is 0.272 e. The fourth-order valence-corrected chi connectivity index (χ4v) is 1.49. The molecule has 0 unspecified atom stereocenters. The lowest BCUT2D eigenvalue weighted by molar-refractivity contribution is 0.0954. The third-order valence-corrected chi connectivity index (χ3v) is 2.58. The number of pyridine rings is 1. The topological polar surface area (TPSA) is 80.4 Å². The number of carbonyl (C=O) groups excluding carboxylic acids is 1. The molecule has 1 amide bonds. The Balaban J connectivity index is 2.06. The fourth-order valence-electron chi connectivity index (χ4n) is 1.49. The van der Waals surface area contributed by atoms with Crippen LogP contribution in [0.15, 0.2) is 53.9 Å². The molecule has 0 aliphatic heterocycles. The lowest BCUT2D eigenvalue weighted by Gasteiger charge is -2.03. The molecule has 0 aliphatic rings. The Morgan fingerprint density at radius 2 is 1.95 bits per heavy atom. The zero-order valence-corrected chi connectivity index (χ0v) is 10.5. The van der Waals surface area contributed by atoms with E-state index in [1.54, 1.807) is 30.5 Å². The average molecular weight is 254 g/mol. The number of benzene rings is 1. The highest BCUT2D eigenvalue weighted by molar-refractivity contribution is 6.00. The summed E-state index contributed by atoms with van der Waals surface area (Å²) in [5.41, 5.74) is 10.9. The zero-order chi connectivity index (χ0) is 13.7. The number of aromatic nitrogens is 1. The number of hydrogen-bond donors (Lipinski definition) is 2. The highest BCUT2D eigenvalue weighted by atomic mass is 16.2. The van der Waals surface area contributed by atoms with Crippen molar-refractivity contribution in [2.45, 2.75) is 6.92 Å². The highest BCUT2D eigenvalue weighted by Crippen LogP contribution is 2.06. The van der Waals surface area contributed by atoms with Gasteiger partial charge in [-0.05, 0) is 36.8 Å². The minimum atomic E-state index is -0.289.